The lowest BCUT2D eigenvalue weighted by Gasteiger charge is -2.25. The molecule has 16 heavy (non-hydrogen) atoms. The van der Waals surface area contributed by atoms with Crippen molar-refractivity contribution in [3.05, 3.63) is 0 Å². The van der Waals surface area contributed by atoms with Crippen LogP contribution in [-0.2, 0) is 0 Å². The van der Waals surface area contributed by atoms with E-state index in [1.54, 1.807) is 0 Å². The molecule has 2 rings (SSSR count). The number of hydrogen-bond acceptors (Lipinski definition) is 5. The van der Waals surface area contributed by atoms with Gasteiger partial charge in [-0.3, -0.25) is 0 Å². The summed E-state index contributed by atoms with van der Waals surface area (Å²) in [5, 5.41) is 2.57. The highest BCUT2D eigenvalue weighted by atomic mass is 32.2. The fraction of sp³-hybridized carbons (Fsp3) is 1.00. The van der Waals surface area contributed by atoms with Gasteiger partial charge in [0, 0.05) is 38.8 Å². The van der Waals surface area contributed by atoms with Gasteiger partial charge in [0.05, 0.1) is 0 Å². The molecular weight excluding hydrogens is 292 g/mol. The predicted molar refractivity (Wildman–Crippen MR) is 89.2 cm³/mol. The molecule has 0 unspecified atom stereocenters. The van der Waals surface area contributed by atoms with Gasteiger partial charge in [-0.05, 0) is 24.3 Å². The van der Waals surface area contributed by atoms with Gasteiger partial charge in [0.2, 0.25) is 0 Å². The van der Waals surface area contributed by atoms with Crippen LogP contribution in [0.5, 0.6) is 0 Å². The first-order valence-electron chi connectivity index (χ1n) is 5.91. The van der Waals surface area contributed by atoms with E-state index in [4.69, 9.17) is 12.6 Å². The van der Waals surface area contributed by atoms with Crippen molar-refractivity contribution in [3.8, 4) is 0 Å². The van der Waals surface area contributed by atoms with Gasteiger partial charge in [0.15, 0.2) is 0 Å². The van der Waals surface area contributed by atoms with Crippen LogP contribution < -0.4 is 0 Å². The molecule has 5 heteroatoms. The van der Waals surface area contributed by atoms with E-state index in [-0.39, 0.29) is 0 Å². The first-order valence-corrected chi connectivity index (χ1v) is 10.8. The van der Waals surface area contributed by atoms with Crippen molar-refractivity contribution >= 4 is 59.7 Å². The van der Waals surface area contributed by atoms with Crippen molar-refractivity contribution < 1.29 is 0 Å². The third-order valence-electron chi connectivity index (χ3n) is 2.82. The van der Waals surface area contributed by atoms with Crippen molar-refractivity contribution in [3.63, 3.8) is 0 Å². The molecule has 2 heterocycles. The molecule has 94 valence electrons. The fourth-order valence-corrected chi connectivity index (χ4v) is 7.17. The molecule has 0 aromatic heterocycles. The molecule has 2 saturated heterocycles. The Kier molecular flexibility index (Phi) is 7.11. The zero-order valence-electron chi connectivity index (χ0n) is 9.47. The summed E-state index contributed by atoms with van der Waals surface area (Å²) in [6.07, 6.45) is 2.60. The van der Waals surface area contributed by atoms with E-state index in [1.807, 2.05) is 0 Å². The highest BCUT2D eigenvalue weighted by Crippen LogP contribution is 2.32. The zero-order valence-corrected chi connectivity index (χ0v) is 13.6. The van der Waals surface area contributed by atoms with E-state index >= 15 is 0 Å². The smallest absolute Gasteiger partial charge is 0.0228 e. The second-order valence-corrected chi connectivity index (χ2v) is 9.99. The minimum atomic E-state index is 0.639. The third-order valence-corrected chi connectivity index (χ3v) is 9.29. The van der Waals surface area contributed by atoms with E-state index in [9.17, 15) is 0 Å². The molecule has 0 amide bonds. The fourth-order valence-electron chi connectivity index (χ4n) is 1.51. The maximum atomic E-state index is 4.69. The summed E-state index contributed by atoms with van der Waals surface area (Å²) in [7, 11) is 0. The van der Waals surface area contributed by atoms with Crippen molar-refractivity contribution in [1.82, 2.24) is 0 Å². The van der Waals surface area contributed by atoms with Crippen LogP contribution in [0.4, 0.5) is 0 Å². The summed E-state index contributed by atoms with van der Waals surface area (Å²) in [6, 6.07) is 0. The summed E-state index contributed by atoms with van der Waals surface area (Å²) in [5.74, 6) is 8.19. The average Bonchev–Trinajstić information content (AvgIpc) is 2.13. The van der Waals surface area contributed by atoms with Crippen LogP contribution in [0.1, 0.15) is 12.8 Å². The molecule has 0 spiro atoms. The summed E-state index contributed by atoms with van der Waals surface area (Å²) in [6.45, 7) is 0. The Morgan fingerprint density at radius 3 is 1.69 bits per heavy atom. The van der Waals surface area contributed by atoms with Crippen LogP contribution in [0.2, 0.25) is 0 Å². The third kappa shape index (κ3) is 5.17. The maximum absolute atomic E-state index is 4.69. The molecule has 2 aliphatic heterocycles. The Hall–Kier alpha value is 1.75. The van der Waals surface area contributed by atoms with Gasteiger partial charge in [0.25, 0.3) is 0 Å². The summed E-state index contributed by atoms with van der Waals surface area (Å²) >= 11 is 13.2. The molecule has 0 saturated carbocycles. The monoisotopic (exact) mass is 312 g/mol. The second kappa shape index (κ2) is 8.03. The molecular formula is C11H20S5. The van der Waals surface area contributed by atoms with Gasteiger partial charge >= 0.3 is 0 Å². The molecule has 0 atom stereocenters. The van der Waals surface area contributed by atoms with Crippen LogP contribution in [0.3, 0.4) is 0 Å². The lowest BCUT2D eigenvalue weighted by atomic mass is 10.3. The minimum absolute atomic E-state index is 0.639. The molecule has 0 aliphatic carbocycles. The zero-order chi connectivity index (χ0) is 11.2. The number of rotatable bonds is 8. The average molecular weight is 313 g/mol. The van der Waals surface area contributed by atoms with E-state index in [0.717, 1.165) is 10.5 Å². The molecule has 0 bridgehead atoms. The van der Waals surface area contributed by atoms with Gasteiger partial charge in [-0.2, -0.15) is 59.7 Å². The van der Waals surface area contributed by atoms with Crippen LogP contribution in [0.25, 0.3) is 0 Å². The highest BCUT2D eigenvalue weighted by Gasteiger charge is 2.19. The first kappa shape index (κ1) is 14.2. The SMILES string of the molecule is SC(CCSC1CSC1)CCSC1CSC1. The van der Waals surface area contributed by atoms with Gasteiger partial charge in [-0.15, -0.1) is 0 Å². The predicted octanol–water partition coefficient (Wildman–Crippen LogP) is 3.76. The van der Waals surface area contributed by atoms with Gasteiger partial charge < -0.3 is 0 Å². The van der Waals surface area contributed by atoms with Crippen molar-refractivity contribution in [2.75, 3.05) is 34.5 Å². The molecule has 2 fully saturated rings. The Morgan fingerprint density at radius 1 is 0.938 bits per heavy atom. The van der Waals surface area contributed by atoms with Crippen molar-refractivity contribution in [2.24, 2.45) is 0 Å². The molecule has 2 aliphatic rings. The van der Waals surface area contributed by atoms with Gasteiger partial charge in [-0.1, -0.05) is 0 Å². The van der Waals surface area contributed by atoms with Gasteiger partial charge in [0.1, 0.15) is 0 Å². The highest BCUT2D eigenvalue weighted by molar-refractivity contribution is 8.07. The Labute approximate surface area is 122 Å². The van der Waals surface area contributed by atoms with Crippen LogP contribution >= 0.6 is 59.7 Å². The van der Waals surface area contributed by atoms with Crippen molar-refractivity contribution in [2.45, 2.75) is 28.6 Å². The molecule has 0 aromatic carbocycles. The van der Waals surface area contributed by atoms with E-state index < -0.39 is 0 Å². The molecule has 0 nitrogen and oxygen atoms in total. The van der Waals surface area contributed by atoms with Gasteiger partial charge in [-0.25, -0.2) is 0 Å². The van der Waals surface area contributed by atoms with Crippen LogP contribution in [0.15, 0.2) is 0 Å². The van der Waals surface area contributed by atoms with Crippen LogP contribution in [-0.4, -0.2) is 50.3 Å². The lowest BCUT2D eigenvalue weighted by molar-refractivity contribution is 0.809. The number of thiol groups is 1. The van der Waals surface area contributed by atoms with Crippen molar-refractivity contribution in [1.29, 1.82) is 0 Å². The normalized spacial score (nSPS) is 22.1. The number of hydrogen-bond donors (Lipinski definition) is 1. The largest absolute Gasteiger partial charge is 0.176 e. The minimum Gasteiger partial charge on any atom is -0.176 e. The van der Waals surface area contributed by atoms with E-state index in [0.29, 0.717) is 5.25 Å². The summed E-state index contributed by atoms with van der Waals surface area (Å²) in [5.41, 5.74) is 0. The second-order valence-electron chi connectivity index (χ2n) is 4.29. The lowest BCUT2D eigenvalue weighted by Crippen LogP contribution is -2.22. The standard InChI is InChI=1S/C11H20S5/c12-9(1-3-15-10-5-13-6-10)2-4-16-11-7-14-8-11/h9-12H,1-8H2. The summed E-state index contributed by atoms with van der Waals surface area (Å²) < 4.78 is 0. The first-order chi connectivity index (χ1) is 7.84. The van der Waals surface area contributed by atoms with E-state index in [1.165, 1.54) is 47.4 Å². The Morgan fingerprint density at radius 2 is 1.38 bits per heavy atom. The number of thioether (sulfide) groups is 4. The summed E-state index contributed by atoms with van der Waals surface area (Å²) in [4.78, 5) is 0. The topological polar surface area (TPSA) is 0 Å². The molecule has 0 N–H and O–H groups in total. The molecule has 0 radical (unpaired) electrons. The maximum Gasteiger partial charge on any atom is 0.0228 e. The Balaban J connectivity index is 1.39. The van der Waals surface area contributed by atoms with Crippen LogP contribution in [0, 0.1) is 0 Å². The van der Waals surface area contributed by atoms with E-state index in [2.05, 4.69) is 47.0 Å². The molecule has 0 aromatic rings. The quantitative estimate of drug-likeness (QED) is 0.677. The Bertz CT molecular complexity index is 171.